The summed E-state index contributed by atoms with van der Waals surface area (Å²) < 4.78 is 56.1. The molecule has 6 nitrogen and oxygen atoms in total. The third-order valence-electron chi connectivity index (χ3n) is 5.70. The molecule has 176 valence electrons. The van der Waals surface area contributed by atoms with E-state index in [-0.39, 0.29) is 22.5 Å². The van der Waals surface area contributed by atoms with Crippen LogP contribution < -0.4 is 20.0 Å². The summed E-state index contributed by atoms with van der Waals surface area (Å²) in [4.78, 5) is 16.2. The van der Waals surface area contributed by atoms with Crippen molar-refractivity contribution in [2.75, 3.05) is 51.3 Å². The molecular formula is C24H25F3N2O4. The summed E-state index contributed by atoms with van der Waals surface area (Å²) in [7, 11) is 1.38. The van der Waals surface area contributed by atoms with Gasteiger partial charge in [-0.15, -0.1) is 0 Å². The largest absolute Gasteiger partial charge is 0.493 e. The Kier molecular flexibility index (Phi) is 6.78. The summed E-state index contributed by atoms with van der Waals surface area (Å²) in [5, 5.41) is -0.241. The lowest BCUT2D eigenvalue weighted by Crippen LogP contribution is -2.46. The van der Waals surface area contributed by atoms with Crippen LogP contribution in [0.1, 0.15) is 12.0 Å². The molecule has 2 heterocycles. The van der Waals surface area contributed by atoms with Crippen molar-refractivity contribution < 1.29 is 27.1 Å². The highest BCUT2D eigenvalue weighted by atomic mass is 19.4. The minimum atomic E-state index is -4.69. The molecule has 1 saturated heterocycles. The van der Waals surface area contributed by atoms with Crippen molar-refractivity contribution in [3.63, 3.8) is 0 Å². The number of alkyl halides is 3. The van der Waals surface area contributed by atoms with Gasteiger partial charge in [0.25, 0.3) is 0 Å². The SMILES string of the molecule is COc1cc2oc(=O)cc(C(F)(F)F)c2cc1OCCCN1CCN(c2ccccc2)CC1. The van der Waals surface area contributed by atoms with Crippen molar-refractivity contribution in [3.8, 4) is 11.5 Å². The standard InChI is InChI=1S/C24H25F3N2O4/c1-31-21-16-20-18(19(24(25,26)27)15-23(30)33-20)14-22(21)32-13-5-8-28-9-11-29(12-10-28)17-6-3-2-4-7-17/h2-4,6-7,14-16H,5,8-13H2,1H3. The second-order valence-corrected chi connectivity index (χ2v) is 7.84. The number of fused-ring (bicyclic) bond motifs is 1. The van der Waals surface area contributed by atoms with Crippen molar-refractivity contribution >= 4 is 16.7 Å². The van der Waals surface area contributed by atoms with Crippen LogP contribution >= 0.6 is 0 Å². The van der Waals surface area contributed by atoms with Crippen LogP contribution in [-0.2, 0) is 6.18 Å². The van der Waals surface area contributed by atoms with Gasteiger partial charge in [0.15, 0.2) is 11.5 Å². The second kappa shape index (κ2) is 9.74. The van der Waals surface area contributed by atoms with Gasteiger partial charge >= 0.3 is 11.8 Å². The number of ether oxygens (including phenoxy) is 2. The van der Waals surface area contributed by atoms with Gasteiger partial charge in [-0.2, -0.15) is 13.2 Å². The Morgan fingerprint density at radius 3 is 2.39 bits per heavy atom. The van der Waals surface area contributed by atoms with Gasteiger partial charge in [-0.25, -0.2) is 4.79 Å². The smallest absolute Gasteiger partial charge is 0.417 e. The zero-order valence-corrected chi connectivity index (χ0v) is 18.2. The van der Waals surface area contributed by atoms with Gasteiger partial charge in [0.1, 0.15) is 5.58 Å². The Morgan fingerprint density at radius 1 is 1.00 bits per heavy atom. The Balaban J connectivity index is 1.36. The highest BCUT2D eigenvalue weighted by Crippen LogP contribution is 2.39. The number of benzene rings is 2. The first-order valence-electron chi connectivity index (χ1n) is 10.7. The first-order valence-corrected chi connectivity index (χ1v) is 10.7. The number of hydrogen-bond acceptors (Lipinski definition) is 6. The van der Waals surface area contributed by atoms with Crippen LogP contribution in [0.25, 0.3) is 11.0 Å². The Bertz CT molecular complexity index is 1140. The summed E-state index contributed by atoms with van der Waals surface area (Å²) in [6.07, 6.45) is -3.98. The molecule has 0 atom stereocenters. The molecule has 1 fully saturated rings. The summed E-state index contributed by atoms with van der Waals surface area (Å²) >= 11 is 0. The van der Waals surface area contributed by atoms with E-state index in [2.05, 4.69) is 21.9 Å². The van der Waals surface area contributed by atoms with Gasteiger partial charge < -0.3 is 18.8 Å². The lowest BCUT2D eigenvalue weighted by Gasteiger charge is -2.36. The molecule has 0 aliphatic carbocycles. The van der Waals surface area contributed by atoms with E-state index in [1.54, 1.807) is 0 Å². The topological polar surface area (TPSA) is 55.2 Å². The van der Waals surface area contributed by atoms with Crippen molar-refractivity contribution in [3.05, 3.63) is 64.5 Å². The first kappa shape index (κ1) is 23.0. The van der Waals surface area contributed by atoms with Gasteiger partial charge in [-0.1, -0.05) is 18.2 Å². The van der Waals surface area contributed by atoms with Crippen LogP contribution in [0.5, 0.6) is 11.5 Å². The van der Waals surface area contributed by atoms with E-state index in [0.29, 0.717) is 19.1 Å². The van der Waals surface area contributed by atoms with Crippen LogP contribution in [0, 0.1) is 0 Å². The van der Waals surface area contributed by atoms with E-state index in [9.17, 15) is 18.0 Å². The molecule has 0 unspecified atom stereocenters. The molecule has 0 saturated carbocycles. The zero-order valence-electron chi connectivity index (χ0n) is 18.2. The number of halogens is 3. The minimum absolute atomic E-state index is 0.179. The van der Waals surface area contributed by atoms with Gasteiger partial charge in [-0.3, -0.25) is 4.90 Å². The number of rotatable bonds is 7. The summed E-state index contributed by atoms with van der Waals surface area (Å²) in [5.41, 5.74) is -1.11. The van der Waals surface area contributed by atoms with E-state index in [4.69, 9.17) is 13.9 Å². The average molecular weight is 462 g/mol. The van der Waals surface area contributed by atoms with Crippen LogP contribution in [0.3, 0.4) is 0 Å². The fourth-order valence-electron chi connectivity index (χ4n) is 4.02. The minimum Gasteiger partial charge on any atom is -0.493 e. The Hall–Kier alpha value is -3.20. The molecule has 1 aliphatic heterocycles. The van der Waals surface area contributed by atoms with Gasteiger partial charge in [0, 0.05) is 55.9 Å². The summed E-state index contributed by atoms with van der Waals surface area (Å²) in [5.74, 6) is 0.389. The van der Waals surface area contributed by atoms with Crippen LogP contribution in [0.2, 0.25) is 0 Å². The van der Waals surface area contributed by atoms with E-state index >= 15 is 0 Å². The Morgan fingerprint density at radius 2 is 1.73 bits per heavy atom. The normalized spacial score (nSPS) is 15.1. The molecule has 33 heavy (non-hydrogen) atoms. The molecule has 3 aromatic rings. The summed E-state index contributed by atoms with van der Waals surface area (Å²) in [6, 6.07) is 13.2. The second-order valence-electron chi connectivity index (χ2n) is 7.84. The Labute approximate surface area is 189 Å². The number of hydrogen-bond donors (Lipinski definition) is 0. The number of nitrogens with zero attached hydrogens (tertiary/aromatic N) is 2. The average Bonchev–Trinajstić information content (AvgIpc) is 2.81. The third kappa shape index (κ3) is 5.42. The molecule has 9 heteroatoms. The molecule has 0 bridgehead atoms. The lowest BCUT2D eigenvalue weighted by atomic mass is 10.1. The van der Waals surface area contributed by atoms with Gasteiger partial charge in [0.05, 0.1) is 19.3 Å². The quantitative estimate of drug-likeness (QED) is 0.383. The number of piperazine rings is 1. The van der Waals surface area contributed by atoms with Crippen LogP contribution in [-0.4, -0.2) is 51.3 Å². The number of anilines is 1. The fraction of sp³-hybridized carbons (Fsp3) is 0.375. The maximum atomic E-state index is 13.4. The van der Waals surface area contributed by atoms with Crippen LogP contribution in [0.4, 0.5) is 18.9 Å². The molecule has 0 amide bonds. The molecule has 2 aromatic carbocycles. The molecule has 1 aromatic heterocycles. The number of methoxy groups -OCH3 is 1. The predicted octanol–water partition coefficient (Wildman–Crippen LogP) is 4.41. The van der Waals surface area contributed by atoms with Crippen molar-refractivity contribution in [1.82, 2.24) is 4.90 Å². The third-order valence-corrected chi connectivity index (χ3v) is 5.70. The molecule has 0 N–H and O–H groups in total. The molecule has 0 radical (unpaired) electrons. The highest BCUT2D eigenvalue weighted by Gasteiger charge is 2.34. The molecular weight excluding hydrogens is 437 g/mol. The van der Waals surface area contributed by atoms with E-state index in [1.165, 1.54) is 24.9 Å². The van der Waals surface area contributed by atoms with Gasteiger partial charge in [0.2, 0.25) is 0 Å². The maximum Gasteiger partial charge on any atom is 0.417 e. The molecule has 4 rings (SSSR count). The maximum absolute atomic E-state index is 13.4. The molecule has 0 spiro atoms. The predicted molar refractivity (Wildman–Crippen MR) is 119 cm³/mol. The van der Waals surface area contributed by atoms with Crippen molar-refractivity contribution in [1.29, 1.82) is 0 Å². The fourth-order valence-corrected chi connectivity index (χ4v) is 4.02. The first-order chi connectivity index (χ1) is 15.8. The van der Waals surface area contributed by atoms with Crippen molar-refractivity contribution in [2.24, 2.45) is 0 Å². The number of para-hydroxylation sites is 1. The van der Waals surface area contributed by atoms with Crippen molar-refractivity contribution in [2.45, 2.75) is 12.6 Å². The molecule has 1 aliphatic rings. The monoisotopic (exact) mass is 462 g/mol. The highest BCUT2D eigenvalue weighted by molar-refractivity contribution is 5.84. The van der Waals surface area contributed by atoms with Gasteiger partial charge in [-0.05, 0) is 24.6 Å². The van der Waals surface area contributed by atoms with E-state index in [0.717, 1.165) is 32.7 Å². The summed E-state index contributed by atoms with van der Waals surface area (Å²) in [6.45, 7) is 4.88. The lowest BCUT2D eigenvalue weighted by molar-refractivity contribution is -0.136. The van der Waals surface area contributed by atoms with E-state index < -0.39 is 17.4 Å². The van der Waals surface area contributed by atoms with E-state index in [1.807, 2.05) is 18.2 Å². The van der Waals surface area contributed by atoms with Crippen LogP contribution in [0.15, 0.2) is 57.7 Å². The zero-order chi connectivity index (χ0) is 23.4.